The van der Waals surface area contributed by atoms with Crippen molar-refractivity contribution in [2.45, 2.75) is 64.3 Å². The van der Waals surface area contributed by atoms with Gasteiger partial charge in [0.2, 0.25) is 11.9 Å². The summed E-state index contributed by atoms with van der Waals surface area (Å²) in [5, 5.41) is 20.5. The van der Waals surface area contributed by atoms with E-state index in [1.165, 1.54) is 12.4 Å². The fourth-order valence-electron chi connectivity index (χ4n) is 9.04. The smallest absolute Gasteiger partial charge is 0.389 e. The predicted molar refractivity (Wildman–Crippen MR) is 266 cm³/mol. The van der Waals surface area contributed by atoms with Crippen LogP contribution >= 0.6 is 23.2 Å². The van der Waals surface area contributed by atoms with Gasteiger partial charge in [0.25, 0.3) is 0 Å². The number of H-pyrrole nitrogens is 2. The Labute approximate surface area is 419 Å². The lowest BCUT2D eigenvalue weighted by Gasteiger charge is -2.40. The largest absolute Gasteiger partial charge is 0.416 e. The molecule has 14 nitrogen and oxygen atoms in total. The normalized spacial score (nSPS) is 17.6. The Hall–Kier alpha value is -6.74. The summed E-state index contributed by atoms with van der Waals surface area (Å²) in [5.41, 5.74) is 3.19. The fourth-order valence-corrected chi connectivity index (χ4v) is 9.62. The summed E-state index contributed by atoms with van der Waals surface area (Å²) < 4.78 is 81.9. The van der Waals surface area contributed by atoms with Crippen LogP contribution in [0.3, 0.4) is 0 Å². The van der Waals surface area contributed by atoms with Crippen LogP contribution in [0.15, 0.2) is 97.8 Å². The van der Waals surface area contributed by atoms with Crippen molar-refractivity contribution < 1.29 is 36.6 Å². The first-order valence-corrected chi connectivity index (χ1v) is 23.7. The number of benzene rings is 2. The molecule has 0 spiro atoms. The van der Waals surface area contributed by atoms with E-state index in [0.717, 1.165) is 24.3 Å². The molecule has 376 valence electrons. The van der Waals surface area contributed by atoms with Gasteiger partial charge in [-0.3, -0.25) is 9.97 Å². The molecule has 2 fully saturated rings. The van der Waals surface area contributed by atoms with Crippen molar-refractivity contribution in [3.05, 3.63) is 130 Å². The number of aromatic nitrogens is 8. The maximum atomic E-state index is 13.6. The maximum absolute atomic E-state index is 13.6. The quantitative estimate of drug-likeness (QED) is 0.107. The van der Waals surface area contributed by atoms with Crippen LogP contribution in [0, 0.1) is 0 Å². The fraction of sp³-hybridized carbons (Fsp3) is 0.320. The van der Waals surface area contributed by atoms with Gasteiger partial charge in [0.05, 0.1) is 55.4 Å². The summed E-state index contributed by atoms with van der Waals surface area (Å²) in [7, 11) is 0. The number of nitrogens with one attached hydrogen (secondary N) is 2. The number of alkyl halides is 6. The summed E-state index contributed by atoms with van der Waals surface area (Å²) in [5.74, 6) is 2.27. The lowest BCUT2D eigenvalue weighted by Crippen LogP contribution is -2.52. The second-order valence-electron chi connectivity index (χ2n) is 17.9. The van der Waals surface area contributed by atoms with Crippen LogP contribution in [-0.2, 0) is 12.4 Å². The number of aromatic amines is 2. The Bertz CT molecular complexity index is 3000. The Morgan fingerprint density at radius 2 is 1.00 bits per heavy atom. The van der Waals surface area contributed by atoms with E-state index in [1.807, 2.05) is 23.6 Å². The molecule has 8 heterocycles. The zero-order valence-electron chi connectivity index (χ0n) is 39.2. The molecule has 0 unspecified atom stereocenters. The molecule has 2 aliphatic heterocycles. The zero-order valence-corrected chi connectivity index (χ0v) is 40.7. The molecule has 22 heteroatoms. The third-order valence-electron chi connectivity index (χ3n) is 12.8. The maximum Gasteiger partial charge on any atom is 0.416 e. The molecule has 0 saturated carbocycles. The van der Waals surface area contributed by atoms with Crippen molar-refractivity contribution >= 4 is 68.8 Å². The molecule has 10 rings (SSSR count). The van der Waals surface area contributed by atoms with Crippen LogP contribution in [0.4, 0.5) is 49.9 Å². The number of imidazole rings is 2. The number of aliphatic hydroxyl groups is 2. The first-order valence-electron chi connectivity index (χ1n) is 23.0. The van der Waals surface area contributed by atoms with Crippen LogP contribution in [0.5, 0.6) is 0 Å². The summed E-state index contributed by atoms with van der Waals surface area (Å²) >= 11 is 12.9. The molecule has 0 radical (unpaired) electrons. The molecule has 6 aromatic heterocycles. The van der Waals surface area contributed by atoms with E-state index in [2.05, 4.69) is 39.7 Å². The minimum Gasteiger partial charge on any atom is -0.389 e. The SMILES string of the molecule is C[C@@H]1CN(c2ncc([C@@H](C)O)cc2Cl)CCN1c1nc2c(-c3cccnc3)cc(C(F)(F)F)cc2[nH]1.C[C@H](O)c1cnc(N2CCN(c3nc4c(-c5cccnc5)cc(C(F)(F)F)cc4[nH]3)[C@H](C)C2)c(Cl)c1. The Balaban J connectivity index is 0.000000178. The molecule has 4 atom stereocenters. The lowest BCUT2D eigenvalue weighted by molar-refractivity contribution is -0.138. The second-order valence-corrected chi connectivity index (χ2v) is 18.7. The van der Waals surface area contributed by atoms with E-state index in [9.17, 15) is 36.6 Å². The Morgan fingerprint density at radius 3 is 1.32 bits per heavy atom. The average molecular weight is 1030 g/mol. The van der Waals surface area contributed by atoms with Gasteiger partial charge < -0.3 is 39.8 Å². The van der Waals surface area contributed by atoms with E-state index in [1.54, 1.807) is 75.0 Å². The van der Waals surface area contributed by atoms with E-state index in [0.29, 0.717) is 128 Å². The highest BCUT2D eigenvalue weighted by atomic mass is 35.5. The average Bonchev–Trinajstić information content (AvgIpc) is 3.98. The Kier molecular flexibility index (Phi) is 14.0. The van der Waals surface area contributed by atoms with Crippen molar-refractivity contribution in [1.29, 1.82) is 0 Å². The van der Waals surface area contributed by atoms with Crippen molar-refractivity contribution in [3.8, 4) is 22.3 Å². The van der Waals surface area contributed by atoms with Crippen LogP contribution in [0.25, 0.3) is 44.3 Å². The van der Waals surface area contributed by atoms with Crippen molar-refractivity contribution in [2.75, 3.05) is 58.9 Å². The van der Waals surface area contributed by atoms with Gasteiger partial charge >= 0.3 is 12.4 Å². The van der Waals surface area contributed by atoms with Crippen LogP contribution in [-0.4, -0.2) is 101 Å². The highest BCUT2D eigenvalue weighted by Crippen LogP contribution is 2.40. The number of rotatable bonds is 8. The summed E-state index contributed by atoms with van der Waals surface area (Å²) in [6.07, 6.45) is -0.884. The molecule has 2 aliphatic rings. The number of hydrogen-bond acceptors (Lipinski definition) is 12. The molecule has 0 amide bonds. The number of hydrogen-bond donors (Lipinski definition) is 4. The molecule has 4 N–H and O–H groups in total. The van der Waals surface area contributed by atoms with Crippen LogP contribution in [0.1, 0.15) is 62.2 Å². The highest BCUT2D eigenvalue weighted by molar-refractivity contribution is 6.33. The van der Waals surface area contributed by atoms with Crippen molar-refractivity contribution in [3.63, 3.8) is 0 Å². The summed E-state index contributed by atoms with van der Waals surface area (Å²) in [6.45, 7) is 10.8. The standard InChI is InChI=1S/2C25H24ClF3N6O/c2*1-14-13-34(23-20(26)8-17(12-31-23)15(2)36)6-7-35(14)24-32-21-10-18(25(27,28)29)9-19(22(21)33-24)16-4-3-5-30-11-16/h2*3-5,8-12,14-15,36H,6-7,13H2,1-2H3,(H,32,33)/t14-,15+;14-,15-/m11/s1. The molecule has 2 aromatic carbocycles. The van der Waals surface area contributed by atoms with E-state index < -0.39 is 35.7 Å². The van der Waals surface area contributed by atoms with Gasteiger partial charge in [-0.15, -0.1) is 0 Å². The number of aliphatic hydroxyl groups excluding tert-OH is 2. The molecular formula is C50H48Cl2F6N12O2. The number of pyridine rings is 4. The molecular weight excluding hydrogens is 986 g/mol. The van der Waals surface area contributed by atoms with Gasteiger partial charge in [-0.05, 0) is 76.2 Å². The predicted octanol–water partition coefficient (Wildman–Crippen LogP) is 10.9. The number of piperazine rings is 2. The van der Waals surface area contributed by atoms with Crippen LogP contribution in [0.2, 0.25) is 10.0 Å². The van der Waals surface area contributed by atoms with E-state index in [-0.39, 0.29) is 12.1 Å². The molecule has 0 bridgehead atoms. The van der Waals surface area contributed by atoms with Crippen molar-refractivity contribution in [1.82, 2.24) is 39.9 Å². The number of anilines is 4. The highest BCUT2D eigenvalue weighted by Gasteiger charge is 2.35. The van der Waals surface area contributed by atoms with Gasteiger partial charge in [0, 0.05) is 122 Å². The van der Waals surface area contributed by atoms with Crippen molar-refractivity contribution in [2.24, 2.45) is 0 Å². The third kappa shape index (κ3) is 10.4. The zero-order chi connectivity index (χ0) is 51.2. The van der Waals surface area contributed by atoms with Gasteiger partial charge in [-0.2, -0.15) is 26.3 Å². The Morgan fingerprint density at radius 1 is 0.597 bits per heavy atom. The molecule has 8 aromatic rings. The van der Waals surface area contributed by atoms with Crippen LogP contribution < -0.4 is 19.6 Å². The lowest BCUT2D eigenvalue weighted by atomic mass is 10.0. The molecule has 0 aliphatic carbocycles. The topological polar surface area (TPSA) is 162 Å². The second kappa shape index (κ2) is 20.0. The number of nitrogens with zero attached hydrogens (tertiary/aromatic N) is 10. The minimum absolute atomic E-state index is 0.0300. The number of fused-ring (bicyclic) bond motifs is 2. The van der Waals surface area contributed by atoms with E-state index in [4.69, 9.17) is 33.2 Å². The molecule has 2 saturated heterocycles. The van der Waals surface area contributed by atoms with Gasteiger partial charge in [0.15, 0.2) is 0 Å². The monoisotopic (exact) mass is 1030 g/mol. The first-order chi connectivity index (χ1) is 34.2. The first kappa shape index (κ1) is 50.2. The number of halogens is 8. The van der Waals surface area contributed by atoms with Gasteiger partial charge in [-0.1, -0.05) is 35.3 Å². The van der Waals surface area contributed by atoms with E-state index >= 15 is 0 Å². The summed E-state index contributed by atoms with van der Waals surface area (Å²) in [4.78, 5) is 40.9. The third-order valence-corrected chi connectivity index (χ3v) is 13.4. The van der Waals surface area contributed by atoms with Gasteiger partial charge in [0.1, 0.15) is 11.6 Å². The molecule has 72 heavy (non-hydrogen) atoms. The summed E-state index contributed by atoms with van der Waals surface area (Å²) in [6, 6.07) is 14.6. The minimum atomic E-state index is -4.50. The van der Waals surface area contributed by atoms with Gasteiger partial charge in [-0.25, -0.2) is 19.9 Å².